The molecule has 15 heavy (non-hydrogen) atoms. The van der Waals surface area contributed by atoms with Crippen molar-refractivity contribution in [2.24, 2.45) is 5.92 Å². The minimum atomic E-state index is 0.684. The summed E-state index contributed by atoms with van der Waals surface area (Å²) in [6, 6.07) is 0.684. The van der Waals surface area contributed by atoms with Gasteiger partial charge in [0.15, 0.2) is 0 Å². The maximum Gasteiger partial charge on any atom is 0.0166 e. The van der Waals surface area contributed by atoms with E-state index in [-0.39, 0.29) is 0 Å². The molecule has 0 amide bonds. The van der Waals surface area contributed by atoms with Gasteiger partial charge in [-0.3, -0.25) is 0 Å². The third-order valence-electron chi connectivity index (χ3n) is 3.96. The summed E-state index contributed by atoms with van der Waals surface area (Å²) in [4.78, 5) is 2.60. The molecule has 0 aromatic rings. The predicted octanol–water partition coefficient (Wildman–Crippen LogP) is 2.25. The molecule has 1 saturated heterocycles. The fraction of sp³-hybridized carbons (Fsp3) is 1.00. The van der Waals surface area contributed by atoms with Crippen LogP contribution in [0.4, 0.5) is 0 Å². The molecule has 2 nitrogen and oxygen atoms in total. The van der Waals surface area contributed by atoms with E-state index in [0.717, 1.165) is 5.92 Å². The van der Waals surface area contributed by atoms with Gasteiger partial charge in [-0.25, -0.2) is 0 Å². The van der Waals surface area contributed by atoms with Gasteiger partial charge in [0.2, 0.25) is 0 Å². The van der Waals surface area contributed by atoms with E-state index >= 15 is 0 Å². The van der Waals surface area contributed by atoms with Gasteiger partial charge in [-0.15, -0.1) is 0 Å². The average Bonchev–Trinajstić information content (AvgIpc) is 2.86. The SMILES string of the molecule is CC(CN1CCCC1)NCC1CCCC1. The van der Waals surface area contributed by atoms with Crippen LogP contribution in [0.3, 0.4) is 0 Å². The van der Waals surface area contributed by atoms with Crippen molar-refractivity contribution in [3.05, 3.63) is 0 Å². The standard InChI is InChI=1S/C13H26N2/c1-12(11-15-8-4-5-9-15)14-10-13-6-2-3-7-13/h12-14H,2-11H2,1H3. The average molecular weight is 210 g/mol. The van der Waals surface area contributed by atoms with E-state index in [0.29, 0.717) is 6.04 Å². The molecule has 1 aliphatic carbocycles. The Labute approximate surface area is 94.4 Å². The van der Waals surface area contributed by atoms with Crippen LogP contribution < -0.4 is 5.32 Å². The number of nitrogens with one attached hydrogen (secondary N) is 1. The highest BCUT2D eigenvalue weighted by molar-refractivity contribution is 4.75. The summed E-state index contributed by atoms with van der Waals surface area (Å²) in [5, 5.41) is 3.71. The number of hydrogen-bond donors (Lipinski definition) is 1. The van der Waals surface area contributed by atoms with Gasteiger partial charge in [0.25, 0.3) is 0 Å². The molecular formula is C13H26N2. The minimum Gasteiger partial charge on any atom is -0.313 e. The van der Waals surface area contributed by atoms with Gasteiger partial charge in [-0.2, -0.15) is 0 Å². The Hall–Kier alpha value is -0.0800. The number of rotatable bonds is 5. The van der Waals surface area contributed by atoms with Crippen LogP contribution in [-0.2, 0) is 0 Å². The van der Waals surface area contributed by atoms with Crippen LogP contribution in [0, 0.1) is 5.92 Å². The van der Waals surface area contributed by atoms with E-state index in [1.54, 1.807) is 0 Å². The second kappa shape index (κ2) is 5.86. The minimum absolute atomic E-state index is 0.684. The number of likely N-dealkylation sites (tertiary alicyclic amines) is 1. The Morgan fingerprint density at radius 3 is 2.47 bits per heavy atom. The Bertz CT molecular complexity index is 169. The summed E-state index contributed by atoms with van der Waals surface area (Å²) in [5.74, 6) is 0.978. The summed E-state index contributed by atoms with van der Waals surface area (Å²) < 4.78 is 0. The van der Waals surface area contributed by atoms with Gasteiger partial charge >= 0.3 is 0 Å². The zero-order valence-electron chi connectivity index (χ0n) is 10.2. The highest BCUT2D eigenvalue weighted by atomic mass is 15.2. The molecule has 0 radical (unpaired) electrons. The van der Waals surface area contributed by atoms with E-state index in [4.69, 9.17) is 0 Å². The largest absolute Gasteiger partial charge is 0.313 e. The lowest BCUT2D eigenvalue weighted by molar-refractivity contribution is 0.291. The first-order chi connectivity index (χ1) is 7.34. The normalized spacial score (nSPS) is 26.2. The van der Waals surface area contributed by atoms with Crippen LogP contribution in [0.1, 0.15) is 45.4 Å². The van der Waals surface area contributed by atoms with E-state index in [1.807, 2.05) is 0 Å². The predicted molar refractivity (Wildman–Crippen MR) is 65.1 cm³/mol. The Morgan fingerprint density at radius 2 is 1.80 bits per heavy atom. The topological polar surface area (TPSA) is 15.3 Å². The summed E-state index contributed by atoms with van der Waals surface area (Å²) in [5.41, 5.74) is 0. The van der Waals surface area contributed by atoms with Crippen molar-refractivity contribution in [3.8, 4) is 0 Å². The van der Waals surface area contributed by atoms with Crippen LogP contribution in [0.15, 0.2) is 0 Å². The summed E-state index contributed by atoms with van der Waals surface area (Å²) in [7, 11) is 0. The lowest BCUT2D eigenvalue weighted by Gasteiger charge is -2.22. The molecule has 1 N–H and O–H groups in total. The van der Waals surface area contributed by atoms with Crippen molar-refractivity contribution in [2.75, 3.05) is 26.2 Å². The van der Waals surface area contributed by atoms with E-state index < -0.39 is 0 Å². The summed E-state index contributed by atoms with van der Waals surface area (Å²) in [6.07, 6.45) is 8.68. The van der Waals surface area contributed by atoms with Gasteiger partial charge in [0, 0.05) is 12.6 Å². The van der Waals surface area contributed by atoms with Crippen molar-refractivity contribution >= 4 is 0 Å². The van der Waals surface area contributed by atoms with Crippen LogP contribution in [0.2, 0.25) is 0 Å². The molecule has 2 rings (SSSR count). The molecule has 1 heterocycles. The van der Waals surface area contributed by atoms with Crippen molar-refractivity contribution in [1.29, 1.82) is 0 Å². The smallest absolute Gasteiger partial charge is 0.0166 e. The molecule has 88 valence electrons. The first-order valence-corrected chi connectivity index (χ1v) is 6.80. The van der Waals surface area contributed by atoms with Crippen LogP contribution in [0.25, 0.3) is 0 Å². The Kier molecular flexibility index (Phi) is 4.45. The van der Waals surface area contributed by atoms with Crippen molar-refractivity contribution in [3.63, 3.8) is 0 Å². The van der Waals surface area contributed by atoms with Gasteiger partial charge in [0.05, 0.1) is 0 Å². The van der Waals surface area contributed by atoms with Crippen LogP contribution in [-0.4, -0.2) is 37.1 Å². The maximum absolute atomic E-state index is 3.71. The molecule has 0 bridgehead atoms. The molecule has 0 aromatic heterocycles. The van der Waals surface area contributed by atoms with E-state index in [9.17, 15) is 0 Å². The van der Waals surface area contributed by atoms with E-state index in [2.05, 4.69) is 17.1 Å². The molecule has 1 aliphatic heterocycles. The fourth-order valence-corrected chi connectivity index (χ4v) is 3.00. The summed E-state index contributed by atoms with van der Waals surface area (Å²) in [6.45, 7) is 7.51. The van der Waals surface area contributed by atoms with Gasteiger partial charge in [-0.1, -0.05) is 12.8 Å². The van der Waals surface area contributed by atoms with Crippen molar-refractivity contribution in [2.45, 2.75) is 51.5 Å². The third kappa shape index (κ3) is 3.76. The molecule has 2 heteroatoms. The highest BCUT2D eigenvalue weighted by Gasteiger charge is 2.17. The third-order valence-corrected chi connectivity index (χ3v) is 3.96. The molecular weight excluding hydrogens is 184 g/mol. The quantitative estimate of drug-likeness (QED) is 0.749. The molecule has 1 atom stereocenters. The van der Waals surface area contributed by atoms with Gasteiger partial charge < -0.3 is 10.2 Å². The second-order valence-corrected chi connectivity index (χ2v) is 5.47. The molecule has 1 unspecified atom stereocenters. The van der Waals surface area contributed by atoms with E-state index in [1.165, 1.54) is 64.7 Å². The van der Waals surface area contributed by atoms with Crippen LogP contribution >= 0.6 is 0 Å². The molecule has 2 fully saturated rings. The first-order valence-electron chi connectivity index (χ1n) is 6.80. The lowest BCUT2D eigenvalue weighted by atomic mass is 10.1. The zero-order chi connectivity index (χ0) is 10.5. The van der Waals surface area contributed by atoms with Crippen molar-refractivity contribution in [1.82, 2.24) is 10.2 Å². The maximum atomic E-state index is 3.71. The molecule has 2 aliphatic rings. The van der Waals surface area contributed by atoms with Crippen LogP contribution in [0.5, 0.6) is 0 Å². The molecule has 0 spiro atoms. The molecule has 0 aromatic carbocycles. The fourth-order valence-electron chi connectivity index (χ4n) is 3.00. The zero-order valence-corrected chi connectivity index (χ0v) is 10.2. The molecule has 1 saturated carbocycles. The monoisotopic (exact) mass is 210 g/mol. The Morgan fingerprint density at radius 1 is 1.13 bits per heavy atom. The lowest BCUT2D eigenvalue weighted by Crippen LogP contribution is -2.39. The van der Waals surface area contributed by atoms with Gasteiger partial charge in [-0.05, 0) is 58.2 Å². The number of nitrogens with zero attached hydrogens (tertiary/aromatic N) is 1. The highest BCUT2D eigenvalue weighted by Crippen LogP contribution is 2.23. The Balaban J connectivity index is 1.57. The number of hydrogen-bond acceptors (Lipinski definition) is 2. The van der Waals surface area contributed by atoms with Crippen molar-refractivity contribution < 1.29 is 0 Å². The second-order valence-electron chi connectivity index (χ2n) is 5.47. The van der Waals surface area contributed by atoms with Gasteiger partial charge in [0.1, 0.15) is 0 Å². The first kappa shape index (κ1) is 11.4. The summed E-state index contributed by atoms with van der Waals surface area (Å²) >= 11 is 0.